The highest BCUT2D eigenvalue weighted by Crippen LogP contribution is 2.21. The van der Waals surface area contributed by atoms with Crippen LogP contribution in [0.5, 0.6) is 0 Å². The van der Waals surface area contributed by atoms with Crippen molar-refractivity contribution in [3.8, 4) is 0 Å². The van der Waals surface area contributed by atoms with Gasteiger partial charge in [-0.15, -0.1) is 11.3 Å². The van der Waals surface area contributed by atoms with E-state index in [2.05, 4.69) is 15.3 Å². The van der Waals surface area contributed by atoms with Gasteiger partial charge in [-0.25, -0.2) is 9.97 Å². The Morgan fingerprint density at radius 3 is 3.11 bits per heavy atom. The number of carbonyl (C=O) groups excluding carboxylic acids is 1. The second-order valence-electron chi connectivity index (χ2n) is 3.88. The fourth-order valence-electron chi connectivity index (χ4n) is 1.71. The molecule has 0 atom stereocenters. The van der Waals surface area contributed by atoms with Gasteiger partial charge in [0.2, 0.25) is 0 Å². The van der Waals surface area contributed by atoms with Crippen LogP contribution in [0, 0.1) is 0 Å². The lowest BCUT2D eigenvalue weighted by Crippen LogP contribution is -2.15. The Bertz CT molecular complexity index is 716. The standard InChI is InChI=1S/C12H10N4OS/c1-16-6-13-5-10(16)12(17)15-8-2-3-11-9(4-8)14-7-18-11/h2-7H,1H3,(H,15,17). The van der Waals surface area contributed by atoms with Crippen molar-refractivity contribution in [1.29, 1.82) is 0 Å². The van der Waals surface area contributed by atoms with Gasteiger partial charge in [0.15, 0.2) is 0 Å². The zero-order valence-electron chi connectivity index (χ0n) is 9.62. The van der Waals surface area contributed by atoms with E-state index in [1.165, 1.54) is 6.20 Å². The molecule has 90 valence electrons. The van der Waals surface area contributed by atoms with Crippen molar-refractivity contribution in [3.63, 3.8) is 0 Å². The van der Waals surface area contributed by atoms with Crippen molar-refractivity contribution in [3.05, 3.63) is 41.9 Å². The Morgan fingerprint density at radius 1 is 1.44 bits per heavy atom. The van der Waals surface area contributed by atoms with E-state index in [0.29, 0.717) is 5.69 Å². The van der Waals surface area contributed by atoms with Crippen LogP contribution in [-0.4, -0.2) is 20.4 Å². The third-order valence-corrected chi connectivity index (χ3v) is 3.45. The Morgan fingerprint density at radius 2 is 2.33 bits per heavy atom. The summed E-state index contributed by atoms with van der Waals surface area (Å²) in [6, 6.07) is 5.68. The van der Waals surface area contributed by atoms with Crippen LogP contribution >= 0.6 is 11.3 Å². The summed E-state index contributed by atoms with van der Waals surface area (Å²) in [7, 11) is 1.78. The molecule has 1 amide bonds. The number of hydrogen-bond acceptors (Lipinski definition) is 4. The van der Waals surface area contributed by atoms with E-state index >= 15 is 0 Å². The first-order valence-corrected chi connectivity index (χ1v) is 6.23. The fraction of sp³-hybridized carbons (Fsp3) is 0.0833. The van der Waals surface area contributed by atoms with Crippen LogP contribution in [0.2, 0.25) is 0 Å². The molecule has 0 bridgehead atoms. The highest BCUT2D eigenvalue weighted by Gasteiger charge is 2.10. The smallest absolute Gasteiger partial charge is 0.273 e. The third-order valence-electron chi connectivity index (χ3n) is 2.64. The molecule has 1 aromatic carbocycles. The molecule has 0 aliphatic carbocycles. The van der Waals surface area contributed by atoms with Gasteiger partial charge in [0.1, 0.15) is 5.69 Å². The summed E-state index contributed by atoms with van der Waals surface area (Å²) in [5.41, 5.74) is 3.94. The molecule has 6 heteroatoms. The van der Waals surface area contributed by atoms with Crippen LogP contribution in [0.1, 0.15) is 10.5 Å². The maximum atomic E-state index is 12.0. The number of fused-ring (bicyclic) bond motifs is 1. The third kappa shape index (κ3) is 1.86. The zero-order chi connectivity index (χ0) is 12.5. The Balaban J connectivity index is 1.88. The van der Waals surface area contributed by atoms with Crippen LogP contribution in [0.15, 0.2) is 36.2 Å². The zero-order valence-corrected chi connectivity index (χ0v) is 10.4. The molecule has 18 heavy (non-hydrogen) atoms. The number of amides is 1. The number of carbonyl (C=O) groups is 1. The molecule has 0 aliphatic rings. The first-order valence-electron chi connectivity index (χ1n) is 5.35. The maximum Gasteiger partial charge on any atom is 0.273 e. The summed E-state index contributed by atoms with van der Waals surface area (Å²) < 4.78 is 2.78. The van der Waals surface area contributed by atoms with Gasteiger partial charge in [-0.2, -0.15) is 0 Å². The molecule has 0 unspecified atom stereocenters. The highest BCUT2D eigenvalue weighted by atomic mass is 32.1. The van der Waals surface area contributed by atoms with Crippen molar-refractivity contribution in [1.82, 2.24) is 14.5 Å². The SMILES string of the molecule is Cn1cncc1C(=O)Nc1ccc2scnc2c1. The Hall–Kier alpha value is -2.21. The minimum absolute atomic E-state index is 0.176. The molecule has 0 fully saturated rings. The molecule has 2 aromatic heterocycles. The Kier molecular flexibility index (Phi) is 2.56. The summed E-state index contributed by atoms with van der Waals surface area (Å²) in [5, 5.41) is 2.83. The molecule has 0 saturated heterocycles. The molecule has 2 heterocycles. The van der Waals surface area contributed by atoms with Gasteiger partial charge >= 0.3 is 0 Å². The molecule has 3 rings (SSSR count). The molecule has 1 N–H and O–H groups in total. The molecule has 0 aliphatic heterocycles. The molecule has 5 nitrogen and oxygen atoms in total. The van der Waals surface area contributed by atoms with Gasteiger partial charge in [0.05, 0.1) is 28.3 Å². The van der Waals surface area contributed by atoms with E-state index < -0.39 is 0 Å². The van der Waals surface area contributed by atoms with Gasteiger partial charge in [-0.1, -0.05) is 0 Å². The van der Waals surface area contributed by atoms with Crippen LogP contribution in [0.3, 0.4) is 0 Å². The van der Waals surface area contributed by atoms with Crippen LogP contribution in [0.4, 0.5) is 5.69 Å². The molecule has 3 aromatic rings. The van der Waals surface area contributed by atoms with Gasteiger partial charge in [-0.05, 0) is 18.2 Å². The number of aromatic nitrogens is 3. The number of benzene rings is 1. The van der Waals surface area contributed by atoms with Gasteiger partial charge < -0.3 is 9.88 Å². The average Bonchev–Trinajstić information content (AvgIpc) is 2.96. The average molecular weight is 258 g/mol. The lowest BCUT2D eigenvalue weighted by Gasteiger charge is -2.05. The summed E-state index contributed by atoms with van der Waals surface area (Å²) in [6.07, 6.45) is 3.13. The minimum atomic E-state index is -0.176. The summed E-state index contributed by atoms with van der Waals surface area (Å²) in [4.78, 5) is 20.1. The van der Waals surface area contributed by atoms with E-state index in [4.69, 9.17) is 0 Å². The maximum absolute atomic E-state index is 12.0. The van der Waals surface area contributed by atoms with Crippen LogP contribution < -0.4 is 5.32 Å². The lowest BCUT2D eigenvalue weighted by atomic mass is 10.3. The second-order valence-corrected chi connectivity index (χ2v) is 4.77. The van der Waals surface area contributed by atoms with Crippen molar-refractivity contribution in [2.45, 2.75) is 0 Å². The predicted molar refractivity (Wildman–Crippen MR) is 70.8 cm³/mol. The predicted octanol–water partition coefficient (Wildman–Crippen LogP) is 2.28. The van der Waals surface area contributed by atoms with Gasteiger partial charge in [0, 0.05) is 12.7 Å². The largest absolute Gasteiger partial charge is 0.330 e. The van der Waals surface area contributed by atoms with Crippen molar-refractivity contribution < 1.29 is 4.79 Å². The first-order chi connectivity index (χ1) is 8.74. The van der Waals surface area contributed by atoms with E-state index in [1.54, 1.807) is 34.8 Å². The number of thiazole rings is 1. The van der Waals surface area contributed by atoms with Crippen molar-refractivity contribution in [2.24, 2.45) is 7.05 Å². The Labute approximate surface area is 107 Å². The first kappa shape index (κ1) is 10.9. The summed E-state index contributed by atoms with van der Waals surface area (Å²) >= 11 is 1.58. The highest BCUT2D eigenvalue weighted by molar-refractivity contribution is 7.16. The second kappa shape index (κ2) is 4.23. The molecular weight excluding hydrogens is 248 g/mol. The number of imidazole rings is 1. The normalized spacial score (nSPS) is 10.7. The molecular formula is C12H10N4OS. The van der Waals surface area contributed by atoms with Crippen LogP contribution in [-0.2, 0) is 7.05 Å². The van der Waals surface area contributed by atoms with E-state index in [0.717, 1.165) is 15.9 Å². The summed E-state index contributed by atoms with van der Waals surface area (Å²) in [5.74, 6) is -0.176. The number of anilines is 1. The number of rotatable bonds is 2. The number of nitrogens with one attached hydrogen (secondary N) is 1. The number of aryl methyl sites for hydroxylation is 1. The van der Waals surface area contributed by atoms with E-state index in [9.17, 15) is 4.79 Å². The van der Waals surface area contributed by atoms with E-state index in [-0.39, 0.29) is 5.91 Å². The van der Waals surface area contributed by atoms with Crippen molar-refractivity contribution >= 4 is 33.1 Å². The van der Waals surface area contributed by atoms with Crippen LogP contribution in [0.25, 0.3) is 10.2 Å². The van der Waals surface area contributed by atoms with Crippen molar-refractivity contribution in [2.75, 3.05) is 5.32 Å². The van der Waals surface area contributed by atoms with E-state index in [1.807, 2.05) is 18.2 Å². The monoisotopic (exact) mass is 258 g/mol. The topological polar surface area (TPSA) is 59.8 Å². The van der Waals surface area contributed by atoms with Gasteiger partial charge in [0.25, 0.3) is 5.91 Å². The fourth-order valence-corrected chi connectivity index (χ4v) is 2.37. The van der Waals surface area contributed by atoms with Gasteiger partial charge in [-0.3, -0.25) is 4.79 Å². The lowest BCUT2D eigenvalue weighted by molar-refractivity contribution is 0.101. The molecule has 0 saturated carbocycles. The minimum Gasteiger partial charge on any atom is -0.330 e. The quantitative estimate of drug-likeness (QED) is 0.767. The summed E-state index contributed by atoms with van der Waals surface area (Å²) in [6.45, 7) is 0. The number of nitrogens with zero attached hydrogens (tertiary/aromatic N) is 3. The number of hydrogen-bond donors (Lipinski definition) is 1. The molecule has 0 radical (unpaired) electrons. The molecule has 0 spiro atoms.